The molecule has 0 heterocycles. The van der Waals surface area contributed by atoms with Crippen LogP contribution in [0.25, 0.3) is 0 Å². The van der Waals surface area contributed by atoms with Crippen LogP contribution in [-0.2, 0) is 65.4 Å². The van der Waals surface area contributed by atoms with Crippen molar-refractivity contribution in [3.05, 3.63) is 0 Å². The van der Waals surface area contributed by atoms with E-state index in [1.54, 1.807) is 0 Å². The van der Waals surface area contributed by atoms with Crippen LogP contribution in [0.5, 0.6) is 0 Å². The summed E-state index contributed by atoms with van der Waals surface area (Å²) < 4.78 is 68.2. The number of ether oxygens (including phenoxy) is 4. The van der Waals surface area contributed by atoms with Gasteiger partial charge in [-0.1, -0.05) is 292 Å². The molecule has 19 heteroatoms. The van der Waals surface area contributed by atoms with Gasteiger partial charge in [-0.3, -0.25) is 37.3 Å². The zero-order chi connectivity index (χ0) is 65.2. The molecule has 0 saturated heterocycles. The van der Waals surface area contributed by atoms with E-state index in [-0.39, 0.29) is 25.7 Å². The topological polar surface area (TPSA) is 237 Å². The number of aliphatic hydroxyl groups excluding tert-OH is 1. The fraction of sp³-hybridized carbons (Fsp3) is 0.942. The Balaban J connectivity index is 5.22. The van der Waals surface area contributed by atoms with Crippen molar-refractivity contribution in [2.45, 2.75) is 362 Å². The number of hydrogen-bond donors (Lipinski definition) is 3. The van der Waals surface area contributed by atoms with E-state index in [2.05, 4.69) is 48.5 Å². The van der Waals surface area contributed by atoms with Crippen LogP contribution in [0, 0.1) is 17.8 Å². The van der Waals surface area contributed by atoms with Gasteiger partial charge in [0.1, 0.15) is 19.3 Å². The van der Waals surface area contributed by atoms with Gasteiger partial charge in [0, 0.05) is 25.7 Å². The van der Waals surface area contributed by atoms with E-state index >= 15 is 0 Å². The van der Waals surface area contributed by atoms with Crippen molar-refractivity contribution in [1.82, 2.24) is 0 Å². The number of unbranched alkanes of at least 4 members (excludes halogenated alkanes) is 34. The van der Waals surface area contributed by atoms with Crippen molar-refractivity contribution < 1.29 is 80.2 Å². The molecule has 0 bridgehead atoms. The SMILES string of the molecule is CCCCCCCCCCC(=O)OC[C@H](COP(=O)(O)OC[C@H](O)COP(=O)(O)OC[C@@H](COC(=O)CCCCCCCCCCCCC(C)C)OC(=O)CCCCCCCCCCCCCCCCC(C)C)OC(=O)CCCCCCCCC(C)CC. The maximum atomic E-state index is 13.0. The first-order valence-corrected chi connectivity index (χ1v) is 38.9. The van der Waals surface area contributed by atoms with Gasteiger partial charge in [-0.15, -0.1) is 0 Å². The standard InChI is InChI=1S/C69H134O17P2/c1-8-10-11-12-13-28-36-43-50-66(71)79-57-65(86-69(74)53-46-39-32-31-35-42-49-62(7)9-2)59-84-88(77,78)82-55-63(70)54-81-87(75,76)83-58-64(56-80-67(72)51-44-37-29-24-21-20-23-27-34-41-48-61(5)6)85-68(73)52-45-38-30-25-19-17-15-14-16-18-22-26-33-40-47-60(3)4/h60-65,70H,8-59H2,1-7H3,(H,75,76)(H,77,78)/t62?,63-,64-,65-/m1/s1. The molecule has 0 fully saturated rings. The first kappa shape index (κ1) is 86.1. The van der Waals surface area contributed by atoms with Crippen molar-refractivity contribution in [3.63, 3.8) is 0 Å². The zero-order valence-electron chi connectivity index (χ0n) is 57.2. The highest BCUT2D eigenvalue weighted by Gasteiger charge is 2.30. The molecule has 3 N–H and O–H groups in total. The normalized spacial score (nSPS) is 14.5. The minimum absolute atomic E-state index is 0.103. The van der Waals surface area contributed by atoms with Crippen LogP contribution in [0.3, 0.4) is 0 Å². The van der Waals surface area contributed by atoms with Gasteiger partial charge in [-0.05, 0) is 43.4 Å². The molecular formula is C69H134O17P2. The second-order valence-corrected chi connectivity index (χ2v) is 29.0. The Hall–Kier alpha value is -1.94. The van der Waals surface area contributed by atoms with E-state index in [0.29, 0.717) is 25.7 Å². The largest absolute Gasteiger partial charge is 0.472 e. The van der Waals surface area contributed by atoms with Crippen LogP contribution in [-0.4, -0.2) is 96.7 Å². The Labute approximate surface area is 537 Å². The lowest BCUT2D eigenvalue weighted by Gasteiger charge is -2.21. The number of hydrogen-bond acceptors (Lipinski definition) is 15. The highest BCUT2D eigenvalue weighted by Crippen LogP contribution is 2.45. The van der Waals surface area contributed by atoms with Crippen LogP contribution in [0.2, 0.25) is 0 Å². The summed E-state index contributed by atoms with van der Waals surface area (Å²) in [5.74, 6) is 0.142. The third-order valence-electron chi connectivity index (χ3n) is 16.2. The predicted molar refractivity (Wildman–Crippen MR) is 354 cm³/mol. The molecule has 0 aliphatic carbocycles. The van der Waals surface area contributed by atoms with E-state index in [1.807, 2.05) is 0 Å². The average Bonchev–Trinajstić information content (AvgIpc) is 3.56. The maximum Gasteiger partial charge on any atom is 0.472 e. The second kappa shape index (κ2) is 60.0. The Kier molecular flexibility index (Phi) is 58.7. The van der Waals surface area contributed by atoms with Gasteiger partial charge in [-0.25, -0.2) is 9.13 Å². The van der Waals surface area contributed by atoms with Crippen molar-refractivity contribution in [2.24, 2.45) is 17.8 Å². The van der Waals surface area contributed by atoms with E-state index in [4.69, 9.17) is 37.0 Å². The summed E-state index contributed by atoms with van der Waals surface area (Å²) in [6.07, 6.45) is 43.1. The Morgan fingerprint density at radius 3 is 0.864 bits per heavy atom. The summed E-state index contributed by atoms with van der Waals surface area (Å²) in [5, 5.41) is 10.6. The summed E-state index contributed by atoms with van der Waals surface area (Å²) >= 11 is 0. The first-order chi connectivity index (χ1) is 42.3. The molecule has 0 aromatic rings. The predicted octanol–water partition coefficient (Wildman–Crippen LogP) is 19.5. The molecule has 88 heavy (non-hydrogen) atoms. The Morgan fingerprint density at radius 1 is 0.330 bits per heavy atom. The summed E-state index contributed by atoms with van der Waals surface area (Å²) in [6.45, 7) is 11.8. The number of esters is 4. The van der Waals surface area contributed by atoms with Crippen molar-refractivity contribution >= 4 is 39.5 Å². The van der Waals surface area contributed by atoms with Crippen LogP contribution in [0.15, 0.2) is 0 Å². The highest BCUT2D eigenvalue weighted by atomic mass is 31.2. The molecule has 6 atom stereocenters. The fourth-order valence-corrected chi connectivity index (χ4v) is 11.9. The third-order valence-corrected chi connectivity index (χ3v) is 18.1. The molecule has 522 valence electrons. The summed E-state index contributed by atoms with van der Waals surface area (Å²) in [6, 6.07) is 0. The molecular weight excluding hydrogens is 1160 g/mol. The van der Waals surface area contributed by atoms with Gasteiger partial charge in [0.05, 0.1) is 26.4 Å². The molecule has 3 unspecified atom stereocenters. The summed E-state index contributed by atoms with van der Waals surface area (Å²) in [5.41, 5.74) is 0. The molecule has 0 amide bonds. The summed E-state index contributed by atoms with van der Waals surface area (Å²) in [4.78, 5) is 72.4. The molecule has 0 rings (SSSR count). The quantitative estimate of drug-likeness (QED) is 0.0222. The number of aliphatic hydroxyl groups is 1. The smallest absolute Gasteiger partial charge is 0.462 e. The van der Waals surface area contributed by atoms with E-state index in [0.717, 1.165) is 114 Å². The van der Waals surface area contributed by atoms with Crippen LogP contribution >= 0.6 is 15.6 Å². The molecule has 0 aliphatic rings. The van der Waals surface area contributed by atoms with Gasteiger partial charge in [-0.2, -0.15) is 0 Å². The van der Waals surface area contributed by atoms with E-state index in [1.165, 1.54) is 148 Å². The minimum Gasteiger partial charge on any atom is -0.462 e. The van der Waals surface area contributed by atoms with Gasteiger partial charge in [0.15, 0.2) is 12.2 Å². The number of phosphoric ester groups is 2. The summed E-state index contributed by atoms with van der Waals surface area (Å²) in [7, 11) is -9.90. The average molecular weight is 1300 g/mol. The number of carbonyl (C=O) groups is 4. The van der Waals surface area contributed by atoms with Gasteiger partial charge < -0.3 is 33.8 Å². The molecule has 0 saturated carbocycles. The highest BCUT2D eigenvalue weighted by molar-refractivity contribution is 7.47. The second-order valence-electron chi connectivity index (χ2n) is 26.1. The first-order valence-electron chi connectivity index (χ1n) is 35.9. The van der Waals surface area contributed by atoms with Gasteiger partial charge >= 0.3 is 39.5 Å². The third kappa shape index (κ3) is 61.6. The van der Waals surface area contributed by atoms with E-state index < -0.39 is 97.5 Å². The molecule has 0 aliphatic heterocycles. The molecule has 0 spiro atoms. The van der Waals surface area contributed by atoms with E-state index in [9.17, 15) is 43.2 Å². The fourth-order valence-electron chi connectivity index (χ4n) is 10.3. The van der Waals surface area contributed by atoms with Crippen molar-refractivity contribution in [2.75, 3.05) is 39.6 Å². The molecule has 0 aromatic carbocycles. The lowest BCUT2D eigenvalue weighted by Crippen LogP contribution is -2.30. The number of carbonyl (C=O) groups excluding carboxylic acids is 4. The lowest BCUT2D eigenvalue weighted by atomic mass is 10.00. The van der Waals surface area contributed by atoms with Crippen molar-refractivity contribution in [1.29, 1.82) is 0 Å². The molecule has 0 radical (unpaired) electrons. The van der Waals surface area contributed by atoms with Gasteiger partial charge in [0.25, 0.3) is 0 Å². The van der Waals surface area contributed by atoms with Crippen LogP contribution in [0.1, 0.15) is 344 Å². The van der Waals surface area contributed by atoms with Crippen LogP contribution in [0.4, 0.5) is 0 Å². The minimum atomic E-state index is -4.95. The van der Waals surface area contributed by atoms with Crippen molar-refractivity contribution in [3.8, 4) is 0 Å². The van der Waals surface area contributed by atoms with Gasteiger partial charge in [0.2, 0.25) is 0 Å². The zero-order valence-corrected chi connectivity index (χ0v) is 59.0. The number of rotatable bonds is 67. The van der Waals surface area contributed by atoms with Crippen LogP contribution < -0.4 is 0 Å². The Bertz CT molecular complexity index is 1730. The number of phosphoric acid groups is 2. The molecule has 0 aromatic heterocycles. The maximum absolute atomic E-state index is 13.0. The molecule has 17 nitrogen and oxygen atoms in total. The lowest BCUT2D eigenvalue weighted by molar-refractivity contribution is -0.161. The monoisotopic (exact) mass is 1300 g/mol. The Morgan fingerprint density at radius 2 is 0.580 bits per heavy atom.